The topological polar surface area (TPSA) is 78.9 Å². The Morgan fingerprint density at radius 1 is 0.270 bits per heavy atom. The van der Waals surface area contributed by atoms with Gasteiger partial charge >= 0.3 is 17.9 Å². The first-order chi connectivity index (χ1) is 36.5. The third-order valence-corrected chi connectivity index (χ3v) is 14.9. The lowest BCUT2D eigenvalue weighted by Gasteiger charge is -2.18. The number of carbonyl (C=O) groups excluding carboxylic acids is 3. The molecule has 0 spiro atoms. The lowest BCUT2D eigenvalue weighted by molar-refractivity contribution is -0.167. The molecule has 434 valence electrons. The monoisotopic (exact) mass is 1040 g/mol. The molecule has 0 heterocycles. The SMILES string of the molecule is CCCCCCC/C=C\C/C=C\C/C=C\CCCCCCCCCCCCCCC(=O)OCC(COC(=O)CCCCCCCCCCCCCCC)OC(=O)CCCCCCCCCCCCCCCCCC. The van der Waals surface area contributed by atoms with E-state index in [1.807, 2.05) is 0 Å². The van der Waals surface area contributed by atoms with Gasteiger partial charge < -0.3 is 14.2 Å². The predicted octanol–water partition coefficient (Wildman–Crippen LogP) is 22.4. The molecule has 0 aliphatic heterocycles. The number of hydrogen-bond donors (Lipinski definition) is 0. The number of allylic oxidation sites excluding steroid dienone is 6. The summed E-state index contributed by atoms with van der Waals surface area (Å²) in [6, 6.07) is 0. The van der Waals surface area contributed by atoms with E-state index in [1.165, 1.54) is 250 Å². The lowest BCUT2D eigenvalue weighted by atomic mass is 10.0. The first-order valence-corrected chi connectivity index (χ1v) is 33.0. The Morgan fingerprint density at radius 2 is 0.486 bits per heavy atom. The second-order valence-corrected chi connectivity index (χ2v) is 22.4. The maximum Gasteiger partial charge on any atom is 0.306 e. The zero-order valence-electron chi connectivity index (χ0n) is 49.9. The van der Waals surface area contributed by atoms with E-state index < -0.39 is 6.10 Å². The van der Waals surface area contributed by atoms with Crippen molar-refractivity contribution in [2.24, 2.45) is 0 Å². The number of esters is 3. The van der Waals surface area contributed by atoms with Crippen LogP contribution in [0.1, 0.15) is 361 Å². The lowest BCUT2D eigenvalue weighted by Crippen LogP contribution is -2.30. The van der Waals surface area contributed by atoms with Crippen LogP contribution in [0.4, 0.5) is 0 Å². The Hall–Kier alpha value is -2.37. The van der Waals surface area contributed by atoms with Gasteiger partial charge in [0, 0.05) is 19.3 Å². The minimum absolute atomic E-state index is 0.0663. The Bertz CT molecular complexity index is 1240. The van der Waals surface area contributed by atoms with Gasteiger partial charge in [-0.1, -0.05) is 320 Å². The van der Waals surface area contributed by atoms with E-state index in [0.717, 1.165) is 70.6 Å². The zero-order valence-corrected chi connectivity index (χ0v) is 49.9. The first-order valence-electron chi connectivity index (χ1n) is 33.0. The molecule has 6 heteroatoms. The average molecular weight is 1040 g/mol. The predicted molar refractivity (Wildman–Crippen MR) is 321 cm³/mol. The Kier molecular flexibility index (Phi) is 61.1. The summed E-state index contributed by atoms with van der Waals surface area (Å²) in [4.78, 5) is 38.3. The van der Waals surface area contributed by atoms with Gasteiger partial charge in [-0.15, -0.1) is 0 Å². The minimum atomic E-state index is -0.768. The van der Waals surface area contributed by atoms with E-state index in [-0.39, 0.29) is 31.1 Å². The number of rotatable bonds is 61. The van der Waals surface area contributed by atoms with Crippen LogP contribution in [0.3, 0.4) is 0 Å². The van der Waals surface area contributed by atoms with E-state index >= 15 is 0 Å². The van der Waals surface area contributed by atoms with Gasteiger partial charge in [-0.05, 0) is 57.8 Å². The molecule has 1 atom stereocenters. The number of ether oxygens (including phenoxy) is 3. The quantitative estimate of drug-likeness (QED) is 0.0261. The highest BCUT2D eigenvalue weighted by atomic mass is 16.6. The molecule has 0 aliphatic carbocycles. The van der Waals surface area contributed by atoms with Crippen molar-refractivity contribution >= 4 is 17.9 Å². The van der Waals surface area contributed by atoms with Gasteiger partial charge in [0.15, 0.2) is 6.10 Å². The highest BCUT2D eigenvalue weighted by molar-refractivity contribution is 5.71. The van der Waals surface area contributed by atoms with Gasteiger partial charge in [0.2, 0.25) is 0 Å². The van der Waals surface area contributed by atoms with Crippen LogP contribution in [0, 0.1) is 0 Å². The molecule has 1 unspecified atom stereocenters. The summed E-state index contributed by atoms with van der Waals surface area (Å²) in [5.41, 5.74) is 0. The van der Waals surface area contributed by atoms with Crippen molar-refractivity contribution in [3.63, 3.8) is 0 Å². The third-order valence-electron chi connectivity index (χ3n) is 14.9. The van der Waals surface area contributed by atoms with E-state index in [1.54, 1.807) is 0 Å². The van der Waals surface area contributed by atoms with Gasteiger partial charge in [-0.2, -0.15) is 0 Å². The summed E-state index contributed by atoms with van der Waals surface area (Å²) in [5.74, 6) is -0.842. The van der Waals surface area contributed by atoms with Crippen molar-refractivity contribution in [1.82, 2.24) is 0 Å². The van der Waals surface area contributed by atoms with Crippen LogP contribution in [0.15, 0.2) is 36.5 Å². The first kappa shape index (κ1) is 71.6. The smallest absolute Gasteiger partial charge is 0.306 e. The zero-order chi connectivity index (χ0) is 53.6. The summed E-state index contributed by atoms with van der Waals surface area (Å²) in [7, 11) is 0. The molecule has 74 heavy (non-hydrogen) atoms. The summed E-state index contributed by atoms with van der Waals surface area (Å²) in [5, 5.41) is 0. The molecule has 0 rings (SSSR count). The van der Waals surface area contributed by atoms with Crippen molar-refractivity contribution in [2.75, 3.05) is 13.2 Å². The van der Waals surface area contributed by atoms with Crippen LogP contribution < -0.4 is 0 Å². The molecule has 0 saturated heterocycles. The fourth-order valence-electron chi connectivity index (χ4n) is 9.92. The molecule has 6 nitrogen and oxygen atoms in total. The van der Waals surface area contributed by atoms with Crippen LogP contribution in [-0.2, 0) is 28.6 Å². The molecular formula is C68H126O6. The normalized spacial score (nSPS) is 12.2. The highest BCUT2D eigenvalue weighted by Crippen LogP contribution is 2.18. The van der Waals surface area contributed by atoms with Crippen LogP contribution in [-0.4, -0.2) is 37.2 Å². The molecule has 0 saturated carbocycles. The fraction of sp³-hybridized carbons (Fsp3) is 0.868. The van der Waals surface area contributed by atoms with Gasteiger partial charge in [-0.3, -0.25) is 14.4 Å². The molecule has 0 aromatic carbocycles. The van der Waals surface area contributed by atoms with E-state index in [0.29, 0.717) is 19.3 Å². The molecule has 0 N–H and O–H groups in total. The summed E-state index contributed by atoms with van der Waals surface area (Å²) < 4.78 is 16.9. The van der Waals surface area contributed by atoms with E-state index in [2.05, 4.69) is 57.2 Å². The summed E-state index contributed by atoms with van der Waals surface area (Å²) in [6.45, 7) is 6.69. The summed E-state index contributed by atoms with van der Waals surface area (Å²) >= 11 is 0. The molecule has 0 bridgehead atoms. The molecular weight excluding hydrogens is 913 g/mol. The fourth-order valence-corrected chi connectivity index (χ4v) is 9.92. The van der Waals surface area contributed by atoms with E-state index in [9.17, 15) is 14.4 Å². The largest absolute Gasteiger partial charge is 0.462 e. The average Bonchev–Trinajstić information content (AvgIpc) is 3.40. The molecule has 0 radical (unpaired) electrons. The van der Waals surface area contributed by atoms with Crippen LogP contribution in [0.25, 0.3) is 0 Å². The standard InChI is InChI=1S/C68H126O6/c1-4-7-10-13-16-19-22-25-27-29-30-31-32-33-34-35-36-37-38-39-41-43-46-49-52-55-58-61-67(70)73-64-65(63-72-66(69)60-57-54-51-48-45-42-24-21-18-15-12-9-6-3)74-68(71)62-59-56-53-50-47-44-40-28-26-23-20-17-14-11-8-5-2/h22,25,29-30,32-33,65H,4-21,23-24,26-28,31,34-64H2,1-3H3/b25-22-,30-29-,33-32-. The molecule has 0 aliphatic rings. The summed E-state index contributed by atoms with van der Waals surface area (Å²) in [6.07, 6.45) is 77.2. The van der Waals surface area contributed by atoms with Crippen molar-refractivity contribution in [2.45, 2.75) is 367 Å². The molecule has 0 fully saturated rings. The van der Waals surface area contributed by atoms with Crippen molar-refractivity contribution < 1.29 is 28.6 Å². The molecule has 0 amide bonds. The number of carbonyl (C=O) groups is 3. The van der Waals surface area contributed by atoms with Gasteiger partial charge in [0.05, 0.1) is 0 Å². The van der Waals surface area contributed by atoms with Crippen LogP contribution in [0.2, 0.25) is 0 Å². The molecule has 0 aromatic rings. The van der Waals surface area contributed by atoms with Crippen molar-refractivity contribution in [3.8, 4) is 0 Å². The molecule has 0 aromatic heterocycles. The van der Waals surface area contributed by atoms with Gasteiger partial charge in [-0.25, -0.2) is 0 Å². The second kappa shape index (κ2) is 63.2. The number of hydrogen-bond acceptors (Lipinski definition) is 6. The van der Waals surface area contributed by atoms with E-state index in [4.69, 9.17) is 14.2 Å². The minimum Gasteiger partial charge on any atom is -0.462 e. The van der Waals surface area contributed by atoms with Crippen molar-refractivity contribution in [1.29, 1.82) is 0 Å². The van der Waals surface area contributed by atoms with Crippen molar-refractivity contribution in [3.05, 3.63) is 36.5 Å². The van der Waals surface area contributed by atoms with Gasteiger partial charge in [0.1, 0.15) is 13.2 Å². The third kappa shape index (κ3) is 60.5. The Labute approximate surface area is 461 Å². The second-order valence-electron chi connectivity index (χ2n) is 22.4. The van der Waals surface area contributed by atoms with Crippen LogP contribution in [0.5, 0.6) is 0 Å². The number of unbranched alkanes of at least 4 members (excludes halogenated alkanes) is 44. The maximum absolute atomic E-state index is 12.9. The van der Waals surface area contributed by atoms with Gasteiger partial charge in [0.25, 0.3) is 0 Å². The Balaban J connectivity index is 4.22. The highest BCUT2D eigenvalue weighted by Gasteiger charge is 2.19. The maximum atomic E-state index is 12.9. The van der Waals surface area contributed by atoms with Crippen LogP contribution >= 0.6 is 0 Å². The Morgan fingerprint density at radius 3 is 0.757 bits per heavy atom.